The molecule has 114 valence electrons. The largest absolute Gasteiger partial charge is 0.339 e. The third kappa shape index (κ3) is 2.06. The summed E-state index contributed by atoms with van der Waals surface area (Å²) >= 11 is 0. The monoisotopic (exact) mass is 288 g/mol. The molecule has 4 saturated carbocycles. The lowest BCUT2D eigenvalue weighted by Gasteiger charge is -2.64. The van der Waals surface area contributed by atoms with Crippen molar-refractivity contribution >= 4 is 5.78 Å². The molecule has 4 aliphatic carbocycles. The van der Waals surface area contributed by atoms with Crippen molar-refractivity contribution in [3.8, 4) is 0 Å². The SMILES string of the molecule is CC(=O)Cc1nc(C23CC4CC(C)(CC(C)(C4)C2)C3)no1. The first-order valence-electron chi connectivity index (χ1n) is 8.13. The van der Waals surface area contributed by atoms with Crippen molar-refractivity contribution in [3.63, 3.8) is 0 Å². The van der Waals surface area contributed by atoms with Crippen LogP contribution in [-0.4, -0.2) is 15.9 Å². The summed E-state index contributed by atoms with van der Waals surface area (Å²) in [5.41, 5.74) is 0.979. The lowest BCUT2D eigenvalue weighted by molar-refractivity contribution is -0.116. The Morgan fingerprint density at radius 3 is 2.43 bits per heavy atom. The summed E-state index contributed by atoms with van der Waals surface area (Å²) in [6.07, 6.45) is 7.91. The highest BCUT2D eigenvalue weighted by atomic mass is 16.5. The predicted molar refractivity (Wildman–Crippen MR) is 77.8 cm³/mol. The van der Waals surface area contributed by atoms with Crippen LogP contribution in [0.3, 0.4) is 0 Å². The van der Waals surface area contributed by atoms with E-state index in [1.54, 1.807) is 6.92 Å². The van der Waals surface area contributed by atoms with Crippen molar-refractivity contribution in [2.75, 3.05) is 0 Å². The third-order valence-corrected chi connectivity index (χ3v) is 5.97. The van der Waals surface area contributed by atoms with Crippen LogP contribution in [0, 0.1) is 16.7 Å². The summed E-state index contributed by atoms with van der Waals surface area (Å²) in [4.78, 5) is 15.8. The fourth-order valence-electron chi connectivity index (χ4n) is 6.45. The first kappa shape index (κ1) is 13.5. The normalized spacial score (nSPS) is 44.2. The Hall–Kier alpha value is -1.19. The number of carbonyl (C=O) groups excluding carboxylic acids is 1. The topological polar surface area (TPSA) is 56.0 Å². The molecule has 1 aromatic heterocycles. The van der Waals surface area contributed by atoms with E-state index in [1.165, 1.54) is 38.5 Å². The van der Waals surface area contributed by atoms with E-state index in [0.717, 1.165) is 11.7 Å². The highest BCUT2D eigenvalue weighted by Gasteiger charge is 2.62. The molecule has 0 aliphatic heterocycles. The van der Waals surface area contributed by atoms with Crippen LogP contribution in [0.5, 0.6) is 0 Å². The molecule has 4 fully saturated rings. The molecule has 4 nitrogen and oxygen atoms in total. The molecule has 0 spiro atoms. The van der Waals surface area contributed by atoms with Crippen LogP contribution in [0.15, 0.2) is 4.52 Å². The highest BCUT2D eigenvalue weighted by Crippen LogP contribution is 2.69. The number of ketones is 1. The lowest BCUT2D eigenvalue weighted by atomic mass is 9.40. The summed E-state index contributed by atoms with van der Waals surface area (Å²) in [7, 11) is 0. The second-order valence-corrected chi connectivity index (χ2v) is 8.80. The van der Waals surface area contributed by atoms with E-state index in [4.69, 9.17) is 4.52 Å². The van der Waals surface area contributed by atoms with Gasteiger partial charge in [0.05, 0.1) is 6.42 Å². The van der Waals surface area contributed by atoms with Gasteiger partial charge in [-0.2, -0.15) is 4.98 Å². The summed E-state index contributed by atoms with van der Waals surface area (Å²) in [5, 5.41) is 4.28. The van der Waals surface area contributed by atoms with Crippen LogP contribution in [0.4, 0.5) is 0 Å². The Bertz CT molecular complexity index is 588. The number of Topliss-reactive ketones (excluding diaryl/α,β-unsaturated/α-hetero) is 1. The Balaban J connectivity index is 1.70. The maximum Gasteiger partial charge on any atom is 0.234 e. The Morgan fingerprint density at radius 2 is 1.86 bits per heavy atom. The molecule has 4 aliphatic rings. The van der Waals surface area contributed by atoms with E-state index < -0.39 is 0 Å². The van der Waals surface area contributed by atoms with Gasteiger partial charge in [0.1, 0.15) is 5.78 Å². The molecule has 0 amide bonds. The fourth-order valence-corrected chi connectivity index (χ4v) is 6.45. The van der Waals surface area contributed by atoms with E-state index in [-0.39, 0.29) is 17.6 Å². The second kappa shape index (κ2) is 3.96. The molecule has 0 N–H and O–H groups in total. The van der Waals surface area contributed by atoms with Gasteiger partial charge in [0.25, 0.3) is 0 Å². The van der Waals surface area contributed by atoms with E-state index >= 15 is 0 Å². The van der Waals surface area contributed by atoms with E-state index in [2.05, 4.69) is 24.0 Å². The Kier molecular flexibility index (Phi) is 2.54. The maximum absolute atomic E-state index is 11.2. The molecule has 5 rings (SSSR count). The Labute approximate surface area is 125 Å². The summed E-state index contributed by atoms with van der Waals surface area (Å²) in [6, 6.07) is 0. The van der Waals surface area contributed by atoms with E-state index in [1.807, 2.05) is 0 Å². The molecule has 1 heterocycles. The van der Waals surface area contributed by atoms with Crippen molar-refractivity contribution in [2.24, 2.45) is 16.7 Å². The Morgan fingerprint density at radius 1 is 1.19 bits per heavy atom. The first-order valence-corrected chi connectivity index (χ1v) is 8.13. The fraction of sp³-hybridized carbons (Fsp3) is 0.824. The van der Waals surface area contributed by atoms with Crippen LogP contribution >= 0.6 is 0 Å². The van der Waals surface area contributed by atoms with Gasteiger partial charge in [-0.05, 0) is 62.2 Å². The van der Waals surface area contributed by atoms with E-state index in [0.29, 0.717) is 16.7 Å². The number of nitrogens with zero attached hydrogens (tertiary/aromatic N) is 2. The average Bonchev–Trinajstić information content (AvgIpc) is 2.71. The predicted octanol–water partition coefficient (Wildman–Crippen LogP) is 3.45. The number of hydrogen-bond donors (Lipinski definition) is 0. The van der Waals surface area contributed by atoms with Crippen molar-refractivity contribution in [1.82, 2.24) is 10.1 Å². The number of aromatic nitrogens is 2. The van der Waals surface area contributed by atoms with Crippen molar-refractivity contribution in [2.45, 2.75) is 71.1 Å². The minimum atomic E-state index is 0.0784. The van der Waals surface area contributed by atoms with Gasteiger partial charge >= 0.3 is 0 Å². The van der Waals surface area contributed by atoms with Crippen LogP contribution in [0.2, 0.25) is 0 Å². The molecule has 1 aromatic rings. The zero-order valence-corrected chi connectivity index (χ0v) is 13.2. The minimum Gasteiger partial charge on any atom is -0.339 e. The van der Waals surface area contributed by atoms with Gasteiger partial charge in [0, 0.05) is 5.41 Å². The van der Waals surface area contributed by atoms with Gasteiger partial charge in [0.15, 0.2) is 5.82 Å². The summed E-state index contributed by atoms with van der Waals surface area (Å²) < 4.78 is 5.35. The summed E-state index contributed by atoms with van der Waals surface area (Å²) in [5.74, 6) is 2.25. The van der Waals surface area contributed by atoms with Crippen molar-refractivity contribution in [3.05, 3.63) is 11.7 Å². The quantitative estimate of drug-likeness (QED) is 0.854. The van der Waals surface area contributed by atoms with Gasteiger partial charge < -0.3 is 4.52 Å². The smallest absolute Gasteiger partial charge is 0.234 e. The first-order chi connectivity index (χ1) is 9.80. The number of carbonyl (C=O) groups is 1. The van der Waals surface area contributed by atoms with Crippen LogP contribution in [0.1, 0.15) is 71.0 Å². The zero-order valence-electron chi connectivity index (χ0n) is 13.2. The molecule has 4 heteroatoms. The van der Waals surface area contributed by atoms with Gasteiger partial charge in [-0.25, -0.2) is 0 Å². The molecule has 0 radical (unpaired) electrons. The van der Waals surface area contributed by atoms with Crippen molar-refractivity contribution < 1.29 is 9.32 Å². The van der Waals surface area contributed by atoms with Crippen LogP contribution in [0.25, 0.3) is 0 Å². The molecule has 2 atom stereocenters. The second-order valence-electron chi connectivity index (χ2n) is 8.80. The summed E-state index contributed by atoms with van der Waals surface area (Å²) in [6.45, 7) is 6.46. The number of rotatable bonds is 3. The van der Waals surface area contributed by atoms with Gasteiger partial charge in [-0.3, -0.25) is 4.79 Å². The maximum atomic E-state index is 11.2. The van der Waals surface area contributed by atoms with Crippen LogP contribution in [-0.2, 0) is 16.6 Å². The molecule has 0 saturated heterocycles. The lowest BCUT2D eigenvalue weighted by Crippen LogP contribution is -2.57. The molecular weight excluding hydrogens is 264 g/mol. The third-order valence-electron chi connectivity index (χ3n) is 5.97. The molecule has 2 unspecified atom stereocenters. The van der Waals surface area contributed by atoms with Gasteiger partial charge in [0.2, 0.25) is 5.89 Å². The van der Waals surface area contributed by atoms with Crippen molar-refractivity contribution in [1.29, 1.82) is 0 Å². The highest BCUT2D eigenvalue weighted by molar-refractivity contribution is 5.77. The molecular formula is C17H24N2O2. The van der Waals surface area contributed by atoms with Gasteiger partial charge in [-0.1, -0.05) is 19.0 Å². The number of hydrogen-bond acceptors (Lipinski definition) is 4. The van der Waals surface area contributed by atoms with Crippen LogP contribution < -0.4 is 0 Å². The minimum absolute atomic E-state index is 0.0784. The molecule has 21 heavy (non-hydrogen) atoms. The van der Waals surface area contributed by atoms with E-state index in [9.17, 15) is 4.79 Å². The average molecular weight is 288 g/mol. The van der Waals surface area contributed by atoms with Gasteiger partial charge in [-0.15, -0.1) is 0 Å². The molecule has 4 bridgehead atoms. The zero-order chi connectivity index (χ0) is 14.9. The standard InChI is InChI=1S/C17H24N2O2/c1-11(20)4-13-18-14(19-21-13)17-7-12-5-15(2,9-17)8-16(3,6-12)10-17/h12H,4-10H2,1-3H3. The molecule has 0 aromatic carbocycles.